The molecule has 0 saturated heterocycles. The van der Waals surface area contributed by atoms with Gasteiger partial charge >= 0.3 is 0 Å². The molecule has 0 radical (unpaired) electrons. The lowest BCUT2D eigenvalue weighted by Crippen LogP contribution is -2.29. The molecule has 0 amide bonds. The first-order valence-corrected chi connectivity index (χ1v) is 10.6. The van der Waals surface area contributed by atoms with Crippen LogP contribution in [0, 0.1) is 16.7 Å². The molecule has 0 heterocycles. The molecule has 0 heteroatoms. The van der Waals surface area contributed by atoms with E-state index in [4.69, 9.17) is 0 Å². The largest absolute Gasteiger partial charge is 0.0993 e. The molecule has 1 unspecified atom stereocenters. The lowest BCUT2D eigenvalue weighted by molar-refractivity contribution is 0.226. The third-order valence-electron chi connectivity index (χ3n) is 6.53. The SMILES string of the molecule is C=C(CCC=C(C)C)C(C)(C)C1CC=C(C(C)(C)CCC=C(C)C)CC1. The van der Waals surface area contributed by atoms with Gasteiger partial charge in [-0.2, -0.15) is 0 Å². The molecule has 1 aliphatic rings. The molecule has 0 aromatic carbocycles. The van der Waals surface area contributed by atoms with Crippen LogP contribution in [0.25, 0.3) is 0 Å². The van der Waals surface area contributed by atoms with Gasteiger partial charge in [0.2, 0.25) is 0 Å². The highest BCUT2D eigenvalue weighted by Crippen LogP contribution is 2.47. The monoisotopic (exact) mass is 356 g/mol. The van der Waals surface area contributed by atoms with Crippen molar-refractivity contribution in [2.75, 3.05) is 0 Å². The molecular weight excluding hydrogens is 312 g/mol. The zero-order chi connectivity index (χ0) is 20.0. The summed E-state index contributed by atoms with van der Waals surface area (Å²) in [6, 6.07) is 0. The van der Waals surface area contributed by atoms with Gasteiger partial charge in [-0.1, -0.05) is 74.8 Å². The summed E-state index contributed by atoms with van der Waals surface area (Å²) in [5.74, 6) is 0.735. The van der Waals surface area contributed by atoms with Gasteiger partial charge in [0.25, 0.3) is 0 Å². The van der Waals surface area contributed by atoms with Crippen molar-refractivity contribution in [2.24, 2.45) is 16.7 Å². The highest BCUT2D eigenvalue weighted by molar-refractivity contribution is 5.19. The summed E-state index contributed by atoms with van der Waals surface area (Å²) in [5, 5.41) is 0. The second kappa shape index (κ2) is 9.77. The van der Waals surface area contributed by atoms with Crippen LogP contribution in [0.3, 0.4) is 0 Å². The van der Waals surface area contributed by atoms with Crippen LogP contribution in [0.2, 0.25) is 0 Å². The van der Waals surface area contributed by atoms with Gasteiger partial charge in [0, 0.05) is 0 Å². The molecular formula is C26H44. The maximum Gasteiger partial charge on any atom is -0.0116 e. The van der Waals surface area contributed by atoms with Crippen LogP contribution in [-0.4, -0.2) is 0 Å². The average molecular weight is 357 g/mol. The van der Waals surface area contributed by atoms with Crippen molar-refractivity contribution in [3.8, 4) is 0 Å². The van der Waals surface area contributed by atoms with Gasteiger partial charge in [0.1, 0.15) is 0 Å². The molecule has 0 spiro atoms. The molecule has 0 aromatic heterocycles. The lowest BCUT2D eigenvalue weighted by Gasteiger charge is -2.41. The summed E-state index contributed by atoms with van der Waals surface area (Å²) in [6.07, 6.45) is 15.8. The maximum atomic E-state index is 4.47. The molecule has 0 nitrogen and oxygen atoms in total. The highest BCUT2D eigenvalue weighted by atomic mass is 14.4. The van der Waals surface area contributed by atoms with E-state index in [1.54, 1.807) is 5.57 Å². The minimum absolute atomic E-state index is 0.240. The normalized spacial score (nSPS) is 18.2. The van der Waals surface area contributed by atoms with Crippen molar-refractivity contribution in [1.82, 2.24) is 0 Å². The van der Waals surface area contributed by atoms with E-state index >= 15 is 0 Å². The van der Waals surface area contributed by atoms with Crippen molar-refractivity contribution in [3.63, 3.8) is 0 Å². The second-order valence-electron chi connectivity index (χ2n) is 10.1. The van der Waals surface area contributed by atoms with E-state index in [2.05, 4.69) is 80.2 Å². The van der Waals surface area contributed by atoms with E-state index in [-0.39, 0.29) is 5.41 Å². The summed E-state index contributed by atoms with van der Waals surface area (Å²) in [7, 11) is 0. The first-order valence-electron chi connectivity index (χ1n) is 10.6. The fraction of sp³-hybridized carbons (Fsp3) is 0.692. The molecule has 26 heavy (non-hydrogen) atoms. The van der Waals surface area contributed by atoms with Crippen LogP contribution in [0.1, 0.15) is 100 Å². The van der Waals surface area contributed by atoms with Crippen molar-refractivity contribution in [1.29, 1.82) is 0 Å². The number of hydrogen-bond donors (Lipinski definition) is 0. The van der Waals surface area contributed by atoms with Crippen molar-refractivity contribution in [3.05, 3.63) is 47.1 Å². The van der Waals surface area contributed by atoms with Gasteiger partial charge in [-0.25, -0.2) is 0 Å². The third-order valence-corrected chi connectivity index (χ3v) is 6.53. The van der Waals surface area contributed by atoms with Crippen LogP contribution in [0.5, 0.6) is 0 Å². The summed E-state index contributed by atoms with van der Waals surface area (Å²) in [5.41, 5.74) is 6.54. The molecule has 0 N–H and O–H groups in total. The van der Waals surface area contributed by atoms with Crippen molar-refractivity contribution in [2.45, 2.75) is 100 Å². The minimum atomic E-state index is 0.240. The molecule has 148 valence electrons. The van der Waals surface area contributed by atoms with E-state index < -0.39 is 0 Å². The summed E-state index contributed by atoms with van der Waals surface area (Å²) < 4.78 is 0. The van der Waals surface area contributed by atoms with E-state index in [1.807, 2.05) is 0 Å². The zero-order valence-electron chi connectivity index (χ0n) is 19.0. The van der Waals surface area contributed by atoms with E-state index in [1.165, 1.54) is 48.8 Å². The molecule has 0 aromatic rings. The first-order chi connectivity index (χ1) is 12.0. The molecule has 1 rings (SSSR count). The van der Waals surface area contributed by atoms with Gasteiger partial charge in [-0.3, -0.25) is 0 Å². The van der Waals surface area contributed by atoms with Crippen LogP contribution in [0.15, 0.2) is 47.1 Å². The van der Waals surface area contributed by atoms with Gasteiger partial charge in [0.05, 0.1) is 0 Å². The molecule has 0 fully saturated rings. The Morgan fingerprint density at radius 2 is 1.62 bits per heavy atom. The predicted octanol–water partition coefficient (Wildman–Crippen LogP) is 8.81. The summed E-state index contributed by atoms with van der Waals surface area (Å²) >= 11 is 0. The number of rotatable bonds is 9. The minimum Gasteiger partial charge on any atom is -0.0993 e. The van der Waals surface area contributed by atoms with E-state index in [9.17, 15) is 0 Å². The second-order valence-corrected chi connectivity index (χ2v) is 10.1. The van der Waals surface area contributed by atoms with Crippen LogP contribution in [-0.2, 0) is 0 Å². The molecule has 1 aliphatic carbocycles. The van der Waals surface area contributed by atoms with Gasteiger partial charge < -0.3 is 0 Å². The Kier molecular flexibility index (Phi) is 8.64. The highest BCUT2D eigenvalue weighted by Gasteiger charge is 2.34. The topological polar surface area (TPSA) is 0 Å². The Balaban J connectivity index is 2.68. The fourth-order valence-corrected chi connectivity index (χ4v) is 4.13. The Morgan fingerprint density at radius 3 is 2.12 bits per heavy atom. The number of hydrogen-bond acceptors (Lipinski definition) is 0. The number of allylic oxidation sites excluding steroid dienone is 7. The van der Waals surface area contributed by atoms with Crippen LogP contribution < -0.4 is 0 Å². The molecule has 0 saturated carbocycles. The summed E-state index contributed by atoms with van der Waals surface area (Å²) in [4.78, 5) is 0. The third kappa shape index (κ3) is 6.93. The quantitative estimate of drug-likeness (QED) is 0.362. The average Bonchev–Trinajstić information content (AvgIpc) is 2.54. The standard InChI is InChI=1S/C26H44/c1-20(2)12-10-14-22(5)26(8,9)24-17-15-23(16-18-24)25(6,7)19-11-13-21(3)4/h12-13,15,24H,5,10-11,14,16-19H2,1-4,6-9H3. The molecule has 0 bridgehead atoms. The smallest absolute Gasteiger partial charge is 0.0116 e. The fourth-order valence-electron chi connectivity index (χ4n) is 4.13. The molecule has 1 atom stereocenters. The van der Waals surface area contributed by atoms with Gasteiger partial charge in [-0.05, 0) is 89.4 Å². The zero-order valence-corrected chi connectivity index (χ0v) is 19.0. The first kappa shape index (κ1) is 23.0. The maximum absolute atomic E-state index is 4.47. The Bertz CT molecular complexity index is 555. The van der Waals surface area contributed by atoms with Gasteiger partial charge in [-0.15, -0.1) is 0 Å². The van der Waals surface area contributed by atoms with E-state index in [0.717, 1.165) is 18.8 Å². The van der Waals surface area contributed by atoms with Crippen LogP contribution >= 0.6 is 0 Å². The summed E-state index contributed by atoms with van der Waals surface area (Å²) in [6.45, 7) is 22.9. The Labute approximate surface area is 164 Å². The Morgan fingerprint density at radius 1 is 1.04 bits per heavy atom. The van der Waals surface area contributed by atoms with E-state index in [0.29, 0.717) is 5.41 Å². The van der Waals surface area contributed by atoms with Gasteiger partial charge in [0.15, 0.2) is 0 Å². The van der Waals surface area contributed by atoms with Crippen molar-refractivity contribution >= 4 is 0 Å². The Hall–Kier alpha value is -1.04. The lowest BCUT2D eigenvalue weighted by atomic mass is 9.64. The van der Waals surface area contributed by atoms with Crippen molar-refractivity contribution < 1.29 is 0 Å². The van der Waals surface area contributed by atoms with Crippen LogP contribution in [0.4, 0.5) is 0 Å². The molecule has 0 aliphatic heterocycles. The predicted molar refractivity (Wildman–Crippen MR) is 119 cm³/mol.